The van der Waals surface area contributed by atoms with E-state index in [4.69, 9.17) is 14.2 Å². The summed E-state index contributed by atoms with van der Waals surface area (Å²) in [4.78, 5) is 23.8. The van der Waals surface area contributed by atoms with Gasteiger partial charge < -0.3 is 14.2 Å². The van der Waals surface area contributed by atoms with Crippen LogP contribution in [0.15, 0.2) is 0 Å². The Bertz CT molecular complexity index is 378. The van der Waals surface area contributed by atoms with E-state index in [9.17, 15) is 9.59 Å². The van der Waals surface area contributed by atoms with Crippen LogP contribution < -0.4 is 0 Å². The van der Waals surface area contributed by atoms with Gasteiger partial charge in [-0.1, -0.05) is 13.3 Å². The van der Waals surface area contributed by atoms with Gasteiger partial charge >= 0.3 is 11.9 Å². The molecule has 5 nitrogen and oxygen atoms in total. The van der Waals surface area contributed by atoms with Crippen LogP contribution in [0, 0.1) is 10.8 Å². The molecule has 0 heterocycles. The fourth-order valence-corrected chi connectivity index (χ4v) is 2.33. The number of hydrogen-bond donors (Lipinski definition) is 0. The van der Waals surface area contributed by atoms with Crippen LogP contribution in [0.3, 0.4) is 0 Å². The predicted octanol–water partition coefficient (Wildman–Crippen LogP) is 4.13. The fourth-order valence-electron chi connectivity index (χ4n) is 2.33. The second-order valence-corrected chi connectivity index (χ2v) is 7.06. The summed E-state index contributed by atoms with van der Waals surface area (Å²) in [6.07, 6.45) is 3.99. The summed E-state index contributed by atoms with van der Waals surface area (Å²) >= 11 is 0. The average Bonchev–Trinajstić information content (AvgIpc) is 2.54. The number of esters is 2. The standard InChI is InChI=1S/C19H36O5/c1-7-19(6,17(21)24-9-3)13-15-22-14-11-10-12-18(4,5)16(20)23-8-2/h7-15H2,1-6H3. The number of unbranched alkanes of at least 4 members (excludes halogenated alkanes) is 1. The van der Waals surface area contributed by atoms with E-state index in [0.717, 1.165) is 25.7 Å². The molecule has 0 aliphatic carbocycles. The molecule has 0 rings (SSSR count). The van der Waals surface area contributed by atoms with Crippen molar-refractivity contribution in [2.75, 3.05) is 26.4 Å². The van der Waals surface area contributed by atoms with Gasteiger partial charge in [0.15, 0.2) is 0 Å². The lowest BCUT2D eigenvalue weighted by molar-refractivity contribution is -0.156. The molecule has 0 fully saturated rings. The molecule has 1 unspecified atom stereocenters. The highest BCUT2D eigenvalue weighted by atomic mass is 16.5. The van der Waals surface area contributed by atoms with Crippen molar-refractivity contribution in [3.05, 3.63) is 0 Å². The van der Waals surface area contributed by atoms with Gasteiger partial charge in [0.2, 0.25) is 0 Å². The van der Waals surface area contributed by atoms with Crippen LogP contribution >= 0.6 is 0 Å². The average molecular weight is 344 g/mol. The first-order chi connectivity index (χ1) is 11.2. The lowest BCUT2D eigenvalue weighted by atomic mass is 9.84. The summed E-state index contributed by atoms with van der Waals surface area (Å²) in [5, 5.41) is 0. The quantitative estimate of drug-likeness (QED) is 0.371. The van der Waals surface area contributed by atoms with E-state index in [1.807, 2.05) is 41.5 Å². The van der Waals surface area contributed by atoms with Crippen molar-refractivity contribution in [1.29, 1.82) is 0 Å². The van der Waals surface area contributed by atoms with Crippen LogP contribution in [0.5, 0.6) is 0 Å². The van der Waals surface area contributed by atoms with Gasteiger partial charge in [-0.3, -0.25) is 9.59 Å². The van der Waals surface area contributed by atoms with Gasteiger partial charge in [0.1, 0.15) is 0 Å². The molecule has 0 N–H and O–H groups in total. The summed E-state index contributed by atoms with van der Waals surface area (Å²) in [6.45, 7) is 13.4. The van der Waals surface area contributed by atoms with E-state index >= 15 is 0 Å². The van der Waals surface area contributed by atoms with Crippen molar-refractivity contribution < 1.29 is 23.8 Å². The second-order valence-electron chi connectivity index (χ2n) is 7.06. The molecule has 0 aromatic carbocycles. The molecule has 0 aliphatic heterocycles. The summed E-state index contributed by atoms with van der Waals surface area (Å²) in [7, 11) is 0. The van der Waals surface area contributed by atoms with Gasteiger partial charge in [0, 0.05) is 13.2 Å². The summed E-state index contributed by atoms with van der Waals surface area (Å²) < 4.78 is 15.9. The lowest BCUT2D eigenvalue weighted by Gasteiger charge is -2.25. The zero-order valence-electron chi connectivity index (χ0n) is 16.4. The highest BCUT2D eigenvalue weighted by molar-refractivity contribution is 5.76. The molecule has 0 spiro atoms. The van der Waals surface area contributed by atoms with Crippen LogP contribution in [0.1, 0.15) is 73.6 Å². The first-order valence-electron chi connectivity index (χ1n) is 9.15. The lowest BCUT2D eigenvalue weighted by Crippen LogP contribution is -2.30. The third-order valence-electron chi connectivity index (χ3n) is 4.52. The molecular weight excluding hydrogens is 308 g/mol. The van der Waals surface area contributed by atoms with Gasteiger partial charge in [0.25, 0.3) is 0 Å². The number of carbonyl (C=O) groups excluding carboxylic acids is 2. The van der Waals surface area contributed by atoms with E-state index in [1.165, 1.54) is 0 Å². The Morgan fingerprint density at radius 1 is 0.792 bits per heavy atom. The zero-order chi connectivity index (χ0) is 18.6. The molecule has 1 atom stereocenters. The Morgan fingerprint density at radius 2 is 1.38 bits per heavy atom. The molecular formula is C19H36O5. The SMILES string of the molecule is CCOC(=O)C(C)(C)CCCCOCCC(C)(CC)C(=O)OCC. The first-order valence-corrected chi connectivity index (χ1v) is 9.15. The monoisotopic (exact) mass is 344 g/mol. The van der Waals surface area contributed by atoms with E-state index in [2.05, 4.69) is 0 Å². The highest BCUT2D eigenvalue weighted by Gasteiger charge is 2.32. The normalized spacial score (nSPS) is 14.1. The molecule has 0 aliphatic rings. The predicted molar refractivity (Wildman–Crippen MR) is 94.7 cm³/mol. The summed E-state index contributed by atoms with van der Waals surface area (Å²) in [6, 6.07) is 0. The topological polar surface area (TPSA) is 61.8 Å². The molecule has 0 saturated carbocycles. The van der Waals surface area contributed by atoms with Crippen molar-refractivity contribution in [2.45, 2.75) is 73.6 Å². The third-order valence-corrected chi connectivity index (χ3v) is 4.52. The van der Waals surface area contributed by atoms with Crippen LogP contribution in [0.25, 0.3) is 0 Å². The van der Waals surface area contributed by atoms with Gasteiger partial charge in [-0.2, -0.15) is 0 Å². The molecule has 142 valence electrons. The Balaban J connectivity index is 3.94. The van der Waals surface area contributed by atoms with E-state index in [1.54, 1.807) is 0 Å². The maximum absolute atomic E-state index is 12.0. The Hall–Kier alpha value is -1.10. The summed E-state index contributed by atoms with van der Waals surface area (Å²) in [5.41, 5.74) is -0.914. The molecule has 24 heavy (non-hydrogen) atoms. The van der Waals surface area contributed by atoms with Gasteiger partial charge in [-0.25, -0.2) is 0 Å². The third kappa shape index (κ3) is 8.13. The van der Waals surface area contributed by atoms with Gasteiger partial charge in [-0.05, 0) is 60.3 Å². The van der Waals surface area contributed by atoms with E-state index in [-0.39, 0.29) is 11.9 Å². The zero-order valence-corrected chi connectivity index (χ0v) is 16.4. The largest absolute Gasteiger partial charge is 0.466 e. The van der Waals surface area contributed by atoms with E-state index in [0.29, 0.717) is 32.8 Å². The Morgan fingerprint density at radius 3 is 1.92 bits per heavy atom. The van der Waals surface area contributed by atoms with E-state index < -0.39 is 10.8 Å². The van der Waals surface area contributed by atoms with Gasteiger partial charge in [0.05, 0.1) is 24.0 Å². The van der Waals surface area contributed by atoms with Crippen molar-refractivity contribution in [2.24, 2.45) is 10.8 Å². The smallest absolute Gasteiger partial charge is 0.311 e. The maximum Gasteiger partial charge on any atom is 0.311 e. The molecule has 0 amide bonds. The number of carbonyl (C=O) groups is 2. The Kier molecular flexibility index (Phi) is 10.9. The van der Waals surface area contributed by atoms with Crippen LogP contribution in [-0.4, -0.2) is 38.4 Å². The summed E-state index contributed by atoms with van der Waals surface area (Å²) in [5.74, 6) is -0.286. The maximum atomic E-state index is 12.0. The molecule has 0 bridgehead atoms. The number of hydrogen-bond acceptors (Lipinski definition) is 5. The van der Waals surface area contributed by atoms with Crippen molar-refractivity contribution in [3.8, 4) is 0 Å². The van der Waals surface area contributed by atoms with Crippen LogP contribution in [0.4, 0.5) is 0 Å². The van der Waals surface area contributed by atoms with Crippen molar-refractivity contribution in [3.63, 3.8) is 0 Å². The highest BCUT2D eigenvalue weighted by Crippen LogP contribution is 2.28. The minimum atomic E-state index is -0.470. The first kappa shape index (κ1) is 22.9. The number of rotatable bonds is 13. The molecule has 0 aromatic heterocycles. The number of ether oxygens (including phenoxy) is 3. The minimum Gasteiger partial charge on any atom is -0.466 e. The van der Waals surface area contributed by atoms with Crippen LogP contribution in [0.2, 0.25) is 0 Å². The molecule has 5 heteroatoms. The van der Waals surface area contributed by atoms with Crippen LogP contribution in [-0.2, 0) is 23.8 Å². The second kappa shape index (κ2) is 11.5. The minimum absolute atomic E-state index is 0.140. The molecule has 0 aromatic rings. The van der Waals surface area contributed by atoms with Gasteiger partial charge in [-0.15, -0.1) is 0 Å². The molecule has 0 saturated heterocycles. The van der Waals surface area contributed by atoms with Crippen molar-refractivity contribution in [1.82, 2.24) is 0 Å². The Labute approximate surface area is 147 Å². The van der Waals surface area contributed by atoms with Crippen molar-refractivity contribution >= 4 is 11.9 Å². The fraction of sp³-hybridized carbons (Fsp3) is 0.895. The molecule has 0 radical (unpaired) electrons.